The van der Waals surface area contributed by atoms with E-state index in [4.69, 9.17) is 10.5 Å². The van der Waals surface area contributed by atoms with Crippen molar-refractivity contribution in [2.24, 2.45) is 11.7 Å². The van der Waals surface area contributed by atoms with E-state index >= 15 is 0 Å². The van der Waals surface area contributed by atoms with E-state index < -0.39 is 5.91 Å². The van der Waals surface area contributed by atoms with E-state index in [9.17, 15) is 9.59 Å². The Morgan fingerprint density at radius 3 is 1.88 bits per heavy atom. The van der Waals surface area contributed by atoms with Crippen molar-refractivity contribution >= 4 is 11.8 Å². The Hall–Kier alpha value is -2.82. The number of ether oxygens (including phenoxy) is 1. The summed E-state index contributed by atoms with van der Waals surface area (Å²) in [7, 11) is 0. The third-order valence-electron chi connectivity index (χ3n) is 4.84. The molecule has 0 aromatic heterocycles. The van der Waals surface area contributed by atoms with Crippen LogP contribution in [0.1, 0.15) is 53.3 Å². The maximum Gasteiger partial charge on any atom is 0.251 e. The zero-order valence-electron chi connectivity index (χ0n) is 14.9. The maximum absolute atomic E-state index is 12.4. The van der Waals surface area contributed by atoms with Gasteiger partial charge in [-0.15, -0.1) is 0 Å². The van der Waals surface area contributed by atoms with Crippen LogP contribution in [0.15, 0.2) is 48.5 Å². The highest BCUT2D eigenvalue weighted by Gasteiger charge is 2.20. The van der Waals surface area contributed by atoms with E-state index in [0.29, 0.717) is 22.6 Å². The van der Waals surface area contributed by atoms with Crippen LogP contribution >= 0.6 is 0 Å². The number of rotatable bonds is 5. The lowest BCUT2D eigenvalue weighted by Gasteiger charge is -2.26. The number of hydrogen-bond donors (Lipinski definition) is 2. The Labute approximate surface area is 153 Å². The van der Waals surface area contributed by atoms with E-state index in [1.807, 2.05) is 0 Å². The van der Waals surface area contributed by atoms with Gasteiger partial charge in [-0.2, -0.15) is 0 Å². The molecule has 0 heterocycles. The molecule has 5 nitrogen and oxygen atoms in total. The molecule has 0 bridgehead atoms. The number of hydrogen-bond acceptors (Lipinski definition) is 3. The molecule has 5 heteroatoms. The van der Waals surface area contributed by atoms with Gasteiger partial charge in [-0.1, -0.05) is 6.92 Å². The molecule has 0 saturated heterocycles. The molecular formula is C21H24N2O3. The molecule has 2 aromatic rings. The normalized spacial score (nSPS) is 19.6. The van der Waals surface area contributed by atoms with Crippen LogP contribution in [0.3, 0.4) is 0 Å². The molecule has 136 valence electrons. The summed E-state index contributed by atoms with van der Waals surface area (Å²) in [6.07, 6.45) is 4.45. The summed E-state index contributed by atoms with van der Waals surface area (Å²) in [4.78, 5) is 23.4. The molecule has 2 amide bonds. The number of nitrogens with one attached hydrogen (secondary N) is 1. The first kappa shape index (κ1) is 18.0. The first-order valence-corrected chi connectivity index (χ1v) is 9.00. The fourth-order valence-corrected chi connectivity index (χ4v) is 3.17. The van der Waals surface area contributed by atoms with Gasteiger partial charge < -0.3 is 15.8 Å². The van der Waals surface area contributed by atoms with Gasteiger partial charge in [-0.3, -0.25) is 9.59 Å². The first-order valence-electron chi connectivity index (χ1n) is 9.00. The molecule has 1 fully saturated rings. The predicted octanol–water partition coefficient (Wildman–Crippen LogP) is 3.89. The second-order valence-corrected chi connectivity index (χ2v) is 6.95. The van der Waals surface area contributed by atoms with Crippen LogP contribution in [0.5, 0.6) is 11.5 Å². The lowest BCUT2D eigenvalue weighted by Crippen LogP contribution is -2.37. The Morgan fingerprint density at radius 2 is 1.38 bits per heavy atom. The second kappa shape index (κ2) is 8.04. The minimum atomic E-state index is -0.473. The monoisotopic (exact) mass is 352 g/mol. The topological polar surface area (TPSA) is 81.4 Å². The van der Waals surface area contributed by atoms with Gasteiger partial charge in [-0.05, 0) is 80.1 Å². The van der Waals surface area contributed by atoms with E-state index in [1.165, 1.54) is 12.8 Å². The second-order valence-electron chi connectivity index (χ2n) is 6.95. The third kappa shape index (κ3) is 4.63. The Kier molecular flexibility index (Phi) is 5.56. The van der Waals surface area contributed by atoms with Gasteiger partial charge in [-0.25, -0.2) is 0 Å². The minimum Gasteiger partial charge on any atom is -0.457 e. The Balaban J connectivity index is 1.57. The average molecular weight is 352 g/mol. The summed E-state index contributed by atoms with van der Waals surface area (Å²) < 4.78 is 5.73. The molecule has 26 heavy (non-hydrogen) atoms. The van der Waals surface area contributed by atoms with Gasteiger partial charge in [0, 0.05) is 17.2 Å². The quantitative estimate of drug-likeness (QED) is 0.856. The maximum atomic E-state index is 12.4. The van der Waals surface area contributed by atoms with Crippen molar-refractivity contribution < 1.29 is 14.3 Å². The van der Waals surface area contributed by atoms with Gasteiger partial charge >= 0.3 is 0 Å². The van der Waals surface area contributed by atoms with Crippen LogP contribution in [-0.2, 0) is 0 Å². The molecule has 0 unspecified atom stereocenters. The van der Waals surface area contributed by atoms with Gasteiger partial charge in [0.25, 0.3) is 5.91 Å². The number of carbonyl (C=O) groups is 2. The van der Waals surface area contributed by atoms with E-state index in [2.05, 4.69) is 12.2 Å². The molecule has 0 radical (unpaired) electrons. The minimum absolute atomic E-state index is 0.0399. The van der Waals surface area contributed by atoms with Crippen LogP contribution in [0.25, 0.3) is 0 Å². The highest BCUT2D eigenvalue weighted by atomic mass is 16.5. The Bertz CT molecular complexity index is 761. The van der Waals surface area contributed by atoms with Crippen LogP contribution in [0.2, 0.25) is 0 Å². The first-order chi connectivity index (χ1) is 12.5. The molecule has 1 aliphatic carbocycles. The smallest absolute Gasteiger partial charge is 0.251 e. The zero-order valence-corrected chi connectivity index (χ0v) is 14.9. The summed E-state index contributed by atoms with van der Waals surface area (Å²) in [5.74, 6) is 1.47. The van der Waals surface area contributed by atoms with Gasteiger partial charge in [0.15, 0.2) is 0 Å². The van der Waals surface area contributed by atoms with E-state index in [1.54, 1.807) is 48.5 Å². The molecule has 3 rings (SSSR count). The van der Waals surface area contributed by atoms with Gasteiger partial charge in [0.2, 0.25) is 5.91 Å². The van der Waals surface area contributed by atoms with Gasteiger partial charge in [0.05, 0.1) is 0 Å². The van der Waals surface area contributed by atoms with Crippen molar-refractivity contribution in [1.82, 2.24) is 5.32 Å². The SMILES string of the molecule is CC1CCC(NC(=O)c2ccc(Oc3ccc(C(N)=O)cc3)cc2)CC1. The molecule has 3 N–H and O–H groups in total. The fourth-order valence-electron chi connectivity index (χ4n) is 3.17. The standard InChI is InChI=1S/C21H24N2O3/c1-14-2-8-17(9-3-14)23-21(25)16-6-12-19(13-7-16)26-18-10-4-15(5-11-18)20(22)24/h4-7,10-14,17H,2-3,8-9H2,1H3,(H2,22,24)(H,23,25). The summed E-state index contributed by atoms with van der Waals surface area (Å²) in [6.45, 7) is 2.26. The van der Waals surface area contributed by atoms with Crippen LogP contribution in [-0.4, -0.2) is 17.9 Å². The van der Waals surface area contributed by atoms with Crippen LogP contribution in [0, 0.1) is 5.92 Å². The Morgan fingerprint density at radius 1 is 0.885 bits per heavy atom. The van der Waals surface area contributed by atoms with Gasteiger partial charge in [0.1, 0.15) is 11.5 Å². The lowest BCUT2D eigenvalue weighted by molar-refractivity contribution is 0.0922. The van der Waals surface area contributed by atoms with Crippen molar-refractivity contribution in [2.75, 3.05) is 0 Å². The molecule has 0 atom stereocenters. The summed E-state index contributed by atoms with van der Waals surface area (Å²) in [6, 6.07) is 13.9. The summed E-state index contributed by atoms with van der Waals surface area (Å²) >= 11 is 0. The summed E-state index contributed by atoms with van der Waals surface area (Å²) in [5, 5.41) is 3.12. The molecular weight excluding hydrogens is 328 g/mol. The number of benzene rings is 2. The van der Waals surface area contributed by atoms with Crippen molar-refractivity contribution in [2.45, 2.75) is 38.6 Å². The number of carbonyl (C=O) groups excluding carboxylic acids is 2. The van der Waals surface area contributed by atoms with Crippen LogP contribution in [0.4, 0.5) is 0 Å². The fraction of sp³-hybridized carbons (Fsp3) is 0.333. The van der Waals surface area contributed by atoms with Crippen molar-refractivity contribution in [3.63, 3.8) is 0 Å². The summed E-state index contributed by atoms with van der Waals surface area (Å²) in [5.41, 5.74) is 6.27. The van der Waals surface area contributed by atoms with Crippen molar-refractivity contribution in [3.8, 4) is 11.5 Å². The molecule has 0 aliphatic heterocycles. The lowest BCUT2D eigenvalue weighted by atomic mass is 9.87. The van der Waals surface area contributed by atoms with Crippen molar-refractivity contribution in [3.05, 3.63) is 59.7 Å². The largest absolute Gasteiger partial charge is 0.457 e. The molecule has 0 spiro atoms. The average Bonchev–Trinajstić information content (AvgIpc) is 2.64. The third-order valence-corrected chi connectivity index (χ3v) is 4.84. The number of amides is 2. The molecule has 1 saturated carbocycles. The van der Waals surface area contributed by atoms with E-state index in [0.717, 1.165) is 18.8 Å². The number of nitrogens with two attached hydrogens (primary N) is 1. The predicted molar refractivity (Wildman–Crippen MR) is 100 cm³/mol. The van der Waals surface area contributed by atoms with Crippen LogP contribution < -0.4 is 15.8 Å². The van der Waals surface area contributed by atoms with Crippen molar-refractivity contribution in [1.29, 1.82) is 0 Å². The molecule has 1 aliphatic rings. The zero-order chi connectivity index (χ0) is 18.5. The number of primary amides is 1. The highest BCUT2D eigenvalue weighted by Crippen LogP contribution is 2.24. The van der Waals surface area contributed by atoms with E-state index in [-0.39, 0.29) is 11.9 Å². The highest BCUT2D eigenvalue weighted by molar-refractivity contribution is 5.94. The molecule has 2 aromatic carbocycles.